The highest BCUT2D eigenvalue weighted by Crippen LogP contribution is 2.29. The molecule has 0 bridgehead atoms. The van der Waals surface area contributed by atoms with Gasteiger partial charge in [-0.05, 0) is 44.9 Å². The van der Waals surface area contributed by atoms with Crippen LogP contribution in [-0.2, 0) is 22.5 Å². The summed E-state index contributed by atoms with van der Waals surface area (Å²) < 4.78 is 10.4. The lowest BCUT2D eigenvalue weighted by Gasteiger charge is -2.26. The molecule has 0 radical (unpaired) electrons. The molecule has 0 saturated carbocycles. The van der Waals surface area contributed by atoms with E-state index in [1.165, 1.54) is 6.26 Å². The van der Waals surface area contributed by atoms with Gasteiger partial charge >= 0.3 is 6.09 Å². The van der Waals surface area contributed by atoms with Gasteiger partial charge in [0.25, 0.3) is 0 Å². The van der Waals surface area contributed by atoms with Crippen LogP contribution in [0, 0.1) is 6.92 Å². The molecule has 2 amide bonds. The Bertz CT molecular complexity index is 824. The first-order chi connectivity index (χ1) is 12.7. The zero-order valence-electron chi connectivity index (χ0n) is 16.2. The fourth-order valence-electron chi connectivity index (χ4n) is 3.08. The summed E-state index contributed by atoms with van der Waals surface area (Å²) in [5.41, 5.74) is 2.83. The number of aryl methyl sites for hydroxylation is 1. The van der Waals surface area contributed by atoms with E-state index < -0.39 is 5.60 Å². The van der Waals surface area contributed by atoms with Gasteiger partial charge in [0.05, 0.1) is 18.7 Å². The molecule has 1 aliphatic heterocycles. The minimum absolute atomic E-state index is 0.0817. The van der Waals surface area contributed by atoms with Gasteiger partial charge in [0.15, 0.2) is 0 Å². The van der Waals surface area contributed by atoms with Crippen molar-refractivity contribution in [2.45, 2.75) is 46.3 Å². The standard InChI is InChI=1S/C20H25N3O4/c1-14-6-5-7-17-16(14)13-22(19(25)27-20(2,3)4)9-10-23(17)18(24)12-15-8-11-26-21-15/h5-8,11H,9-10,12-13H2,1-4H3. The Balaban J connectivity index is 1.87. The van der Waals surface area contributed by atoms with Crippen molar-refractivity contribution in [1.29, 1.82) is 0 Å². The Morgan fingerprint density at radius 1 is 1.22 bits per heavy atom. The molecule has 0 N–H and O–H groups in total. The molecule has 0 spiro atoms. The van der Waals surface area contributed by atoms with Gasteiger partial charge in [-0.25, -0.2) is 4.79 Å². The van der Waals surface area contributed by atoms with Crippen molar-refractivity contribution in [1.82, 2.24) is 10.1 Å². The zero-order chi connectivity index (χ0) is 19.6. The summed E-state index contributed by atoms with van der Waals surface area (Å²) in [4.78, 5) is 28.9. The Kier molecular flexibility index (Phi) is 5.21. The molecular formula is C20H25N3O4. The highest BCUT2D eigenvalue weighted by atomic mass is 16.6. The predicted molar refractivity (Wildman–Crippen MR) is 100 cm³/mol. The smallest absolute Gasteiger partial charge is 0.410 e. The van der Waals surface area contributed by atoms with Crippen molar-refractivity contribution >= 4 is 17.7 Å². The Labute approximate surface area is 158 Å². The van der Waals surface area contributed by atoms with Crippen LogP contribution in [0.1, 0.15) is 37.6 Å². The van der Waals surface area contributed by atoms with Gasteiger partial charge in [-0.15, -0.1) is 0 Å². The summed E-state index contributed by atoms with van der Waals surface area (Å²) >= 11 is 0. The van der Waals surface area contributed by atoms with E-state index in [1.54, 1.807) is 15.9 Å². The number of ether oxygens (including phenoxy) is 1. The van der Waals surface area contributed by atoms with Crippen molar-refractivity contribution in [2.24, 2.45) is 0 Å². The first-order valence-corrected chi connectivity index (χ1v) is 9.00. The Morgan fingerprint density at radius 2 is 2.00 bits per heavy atom. The lowest BCUT2D eigenvalue weighted by molar-refractivity contribution is -0.118. The zero-order valence-corrected chi connectivity index (χ0v) is 16.2. The molecule has 1 aromatic carbocycles. The van der Waals surface area contributed by atoms with E-state index in [9.17, 15) is 9.59 Å². The summed E-state index contributed by atoms with van der Waals surface area (Å²) in [5.74, 6) is -0.0817. The average Bonchev–Trinajstić information content (AvgIpc) is 2.98. The average molecular weight is 371 g/mol. The monoisotopic (exact) mass is 371 g/mol. The minimum Gasteiger partial charge on any atom is -0.444 e. The van der Waals surface area contributed by atoms with Crippen LogP contribution in [0.3, 0.4) is 0 Å². The third kappa shape index (κ3) is 4.48. The predicted octanol–water partition coefficient (Wildman–Crippen LogP) is 3.31. The van der Waals surface area contributed by atoms with Crippen LogP contribution >= 0.6 is 0 Å². The lowest BCUT2D eigenvalue weighted by atomic mass is 10.1. The third-order valence-electron chi connectivity index (χ3n) is 4.40. The number of nitrogens with zero attached hydrogens (tertiary/aromatic N) is 3. The second kappa shape index (κ2) is 7.42. The summed E-state index contributed by atoms with van der Waals surface area (Å²) in [6, 6.07) is 7.51. The van der Waals surface area contributed by atoms with E-state index in [0.29, 0.717) is 25.3 Å². The number of carbonyl (C=O) groups excluding carboxylic acids is 2. The topological polar surface area (TPSA) is 75.9 Å². The molecule has 0 saturated heterocycles. The van der Waals surface area contributed by atoms with Crippen molar-refractivity contribution in [2.75, 3.05) is 18.0 Å². The minimum atomic E-state index is -0.569. The highest BCUT2D eigenvalue weighted by molar-refractivity contribution is 5.95. The van der Waals surface area contributed by atoms with Gasteiger partial charge in [-0.1, -0.05) is 17.3 Å². The van der Waals surface area contributed by atoms with Gasteiger partial charge in [0, 0.05) is 24.8 Å². The van der Waals surface area contributed by atoms with E-state index >= 15 is 0 Å². The molecule has 27 heavy (non-hydrogen) atoms. The quantitative estimate of drug-likeness (QED) is 0.809. The first-order valence-electron chi connectivity index (χ1n) is 9.00. The fraction of sp³-hybridized carbons (Fsp3) is 0.450. The molecule has 7 nitrogen and oxygen atoms in total. The van der Waals surface area contributed by atoms with Crippen LogP contribution in [0.4, 0.5) is 10.5 Å². The number of anilines is 1. The van der Waals surface area contributed by atoms with E-state index in [2.05, 4.69) is 5.16 Å². The molecule has 1 aliphatic rings. The Hall–Kier alpha value is -2.83. The summed E-state index contributed by atoms with van der Waals surface area (Å²) in [6.45, 7) is 8.71. The van der Waals surface area contributed by atoms with Crippen molar-refractivity contribution < 1.29 is 18.8 Å². The van der Waals surface area contributed by atoms with Crippen molar-refractivity contribution in [3.8, 4) is 0 Å². The number of amides is 2. The van der Waals surface area contributed by atoms with E-state index in [1.807, 2.05) is 45.9 Å². The summed E-state index contributed by atoms with van der Waals surface area (Å²) in [7, 11) is 0. The normalized spacial score (nSPS) is 14.5. The molecule has 0 aliphatic carbocycles. The van der Waals surface area contributed by atoms with Gasteiger partial charge < -0.3 is 19.1 Å². The van der Waals surface area contributed by atoms with Crippen molar-refractivity contribution in [3.63, 3.8) is 0 Å². The Morgan fingerprint density at radius 3 is 2.67 bits per heavy atom. The van der Waals surface area contributed by atoms with Crippen LogP contribution in [0.2, 0.25) is 0 Å². The summed E-state index contributed by atoms with van der Waals surface area (Å²) in [5, 5.41) is 3.82. The number of aromatic nitrogens is 1. The van der Waals surface area contributed by atoms with Gasteiger partial charge in [0.2, 0.25) is 5.91 Å². The van der Waals surface area contributed by atoms with Gasteiger partial charge in [0.1, 0.15) is 11.9 Å². The fourth-order valence-corrected chi connectivity index (χ4v) is 3.08. The van der Waals surface area contributed by atoms with Crippen LogP contribution < -0.4 is 4.90 Å². The second-order valence-corrected chi connectivity index (χ2v) is 7.69. The molecule has 2 heterocycles. The highest BCUT2D eigenvalue weighted by Gasteiger charge is 2.30. The SMILES string of the molecule is Cc1cccc2c1CN(C(=O)OC(C)(C)C)CCN2C(=O)Cc1ccon1. The third-order valence-corrected chi connectivity index (χ3v) is 4.40. The molecule has 1 aromatic heterocycles. The molecule has 0 fully saturated rings. The van der Waals surface area contributed by atoms with Crippen LogP contribution in [0.15, 0.2) is 35.1 Å². The number of carbonyl (C=O) groups is 2. The van der Waals surface area contributed by atoms with E-state index in [-0.39, 0.29) is 18.4 Å². The molecule has 144 valence electrons. The van der Waals surface area contributed by atoms with Crippen LogP contribution in [0.5, 0.6) is 0 Å². The van der Waals surface area contributed by atoms with Crippen LogP contribution in [-0.4, -0.2) is 40.7 Å². The van der Waals surface area contributed by atoms with E-state index in [0.717, 1.165) is 16.8 Å². The lowest BCUT2D eigenvalue weighted by Crippen LogP contribution is -2.40. The molecular weight excluding hydrogens is 346 g/mol. The number of hydrogen-bond donors (Lipinski definition) is 0. The largest absolute Gasteiger partial charge is 0.444 e. The first kappa shape index (κ1) is 18.9. The summed E-state index contributed by atoms with van der Waals surface area (Å²) in [6.07, 6.45) is 1.23. The number of rotatable bonds is 2. The second-order valence-electron chi connectivity index (χ2n) is 7.69. The molecule has 2 aromatic rings. The maximum absolute atomic E-state index is 12.9. The number of hydrogen-bond acceptors (Lipinski definition) is 5. The maximum Gasteiger partial charge on any atom is 0.410 e. The number of benzene rings is 1. The number of fused-ring (bicyclic) bond motifs is 1. The molecule has 7 heteroatoms. The maximum atomic E-state index is 12.9. The van der Waals surface area contributed by atoms with Gasteiger partial charge in [-0.3, -0.25) is 4.79 Å². The van der Waals surface area contributed by atoms with Crippen molar-refractivity contribution in [3.05, 3.63) is 47.3 Å². The van der Waals surface area contributed by atoms with E-state index in [4.69, 9.17) is 9.26 Å². The molecule has 3 rings (SSSR count). The molecule has 0 atom stereocenters. The van der Waals surface area contributed by atoms with Crippen LogP contribution in [0.25, 0.3) is 0 Å². The van der Waals surface area contributed by atoms with Gasteiger partial charge in [-0.2, -0.15) is 0 Å². The molecule has 0 unspecified atom stereocenters.